The number of carbonyl (C=O) groups is 1. The minimum atomic E-state index is -0.624. The van der Waals surface area contributed by atoms with Crippen LogP contribution in [0, 0.1) is 0 Å². The Bertz CT molecular complexity index is 926. The molecule has 0 aliphatic carbocycles. The normalized spacial score (nSPS) is 11.8. The number of halogens is 1. The van der Waals surface area contributed by atoms with Gasteiger partial charge in [-0.25, -0.2) is 0 Å². The van der Waals surface area contributed by atoms with Crippen LogP contribution in [0.2, 0.25) is 5.02 Å². The molecule has 4 nitrogen and oxygen atoms in total. The second kappa shape index (κ2) is 8.11. The number of hydrogen-bond donors (Lipinski definition) is 1. The molecule has 0 saturated heterocycles. The van der Waals surface area contributed by atoms with E-state index in [0.29, 0.717) is 17.3 Å². The molecule has 0 aliphatic heterocycles. The van der Waals surface area contributed by atoms with Crippen LogP contribution in [-0.4, -0.2) is 19.1 Å². The number of ether oxygens (including phenoxy) is 2. The Morgan fingerprint density at radius 2 is 1.73 bits per heavy atom. The number of nitrogens with one attached hydrogen (secondary N) is 1. The van der Waals surface area contributed by atoms with Gasteiger partial charge in [-0.1, -0.05) is 41.9 Å². The Kier molecular flexibility index (Phi) is 5.64. The smallest absolute Gasteiger partial charge is 0.261 e. The van der Waals surface area contributed by atoms with Crippen molar-refractivity contribution in [3.05, 3.63) is 71.2 Å². The Morgan fingerprint density at radius 1 is 1.04 bits per heavy atom. The molecule has 1 N–H and O–H groups in total. The van der Waals surface area contributed by atoms with E-state index in [4.69, 9.17) is 21.1 Å². The van der Waals surface area contributed by atoms with Gasteiger partial charge in [-0.05, 0) is 53.6 Å². The van der Waals surface area contributed by atoms with E-state index in [1.54, 1.807) is 20.1 Å². The third kappa shape index (κ3) is 4.27. The second-order valence-corrected chi connectivity index (χ2v) is 6.35. The van der Waals surface area contributed by atoms with Gasteiger partial charge in [0, 0.05) is 11.6 Å². The van der Waals surface area contributed by atoms with Crippen molar-refractivity contribution in [2.75, 3.05) is 7.11 Å². The van der Waals surface area contributed by atoms with Gasteiger partial charge in [0.25, 0.3) is 5.91 Å². The summed E-state index contributed by atoms with van der Waals surface area (Å²) in [7, 11) is 1.63. The molecule has 0 aromatic heterocycles. The van der Waals surface area contributed by atoms with Gasteiger partial charge in [0.2, 0.25) is 0 Å². The van der Waals surface area contributed by atoms with Crippen LogP contribution in [0.5, 0.6) is 11.5 Å². The van der Waals surface area contributed by atoms with Crippen molar-refractivity contribution in [3.8, 4) is 11.5 Å². The standard InChI is InChI=1S/C21H20ClNO3/c1-14(21(24)23-13-16-5-3-4-6-20(16)22)26-19-10-8-15-7-9-18(25-2)11-17(15)12-19/h3-12,14H,13H2,1-2H3,(H,23,24)/t14-/m1/s1. The average molecular weight is 370 g/mol. The summed E-state index contributed by atoms with van der Waals surface area (Å²) in [5, 5.41) is 5.55. The predicted octanol–water partition coefficient (Wildman–Crippen LogP) is 4.59. The van der Waals surface area contributed by atoms with E-state index >= 15 is 0 Å². The van der Waals surface area contributed by atoms with E-state index < -0.39 is 6.10 Å². The lowest BCUT2D eigenvalue weighted by Crippen LogP contribution is -2.35. The predicted molar refractivity (Wildman–Crippen MR) is 104 cm³/mol. The molecule has 3 aromatic carbocycles. The largest absolute Gasteiger partial charge is 0.497 e. The maximum atomic E-state index is 12.3. The van der Waals surface area contributed by atoms with Gasteiger partial charge in [0.05, 0.1) is 7.11 Å². The molecule has 0 spiro atoms. The fourth-order valence-corrected chi connectivity index (χ4v) is 2.83. The first-order valence-corrected chi connectivity index (χ1v) is 8.70. The van der Waals surface area contributed by atoms with Crippen molar-refractivity contribution in [2.45, 2.75) is 19.6 Å². The number of rotatable bonds is 6. The molecule has 1 atom stereocenters. The van der Waals surface area contributed by atoms with Gasteiger partial charge in [-0.3, -0.25) is 4.79 Å². The van der Waals surface area contributed by atoms with E-state index in [-0.39, 0.29) is 5.91 Å². The van der Waals surface area contributed by atoms with Crippen LogP contribution in [0.4, 0.5) is 0 Å². The molecule has 26 heavy (non-hydrogen) atoms. The molecule has 0 aliphatic rings. The summed E-state index contributed by atoms with van der Waals surface area (Å²) in [6, 6.07) is 19.0. The maximum absolute atomic E-state index is 12.3. The summed E-state index contributed by atoms with van der Waals surface area (Å²) in [5.74, 6) is 1.21. The second-order valence-electron chi connectivity index (χ2n) is 5.94. The quantitative estimate of drug-likeness (QED) is 0.691. The van der Waals surface area contributed by atoms with Crippen molar-refractivity contribution >= 4 is 28.3 Å². The molecule has 3 aromatic rings. The van der Waals surface area contributed by atoms with Gasteiger partial charge in [0.1, 0.15) is 11.5 Å². The molecule has 0 unspecified atom stereocenters. The molecule has 0 radical (unpaired) electrons. The highest BCUT2D eigenvalue weighted by atomic mass is 35.5. The van der Waals surface area contributed by atoms with Gasteiger partial charge >= 0.3 is 0 Å². The van der Waals surface area contributed by atoms with Crippen molar-refractivity contribution in [3.63, 3.8) is 0 Å². The van der Waals surface area contributed by atoms with Crippen LogP contribution in [0.25, 0.3) is 10.8 Å². The van der Waals surface area contributed by atoms with Crippen molar-refractivity contribution < 1.29 is 14.3 Å². The summed E-state index contributed by atoms with van der Waals surface area (Å²) in [4.78, 5) is 12.3. The van der Waals surface area contributed by atoms with Crippen LogP contribution < -0.4 is 14.8 Å². The van der Waals surface area contributed by atoms with Gasteiger partial charge < -0.3 is 14.8 Å². The lowest BCUT2D eigenvalue weighted by atomic mass is 10.1. The molecule has 134 valence electrons. The maximum Gasteiger partial charge on any atom is 0.261 e. The van der Waals surface area contributed by atoms with E-state index in [9.17, 15) is 4.79 Å². The number of amides is 1. The van der Waals surface area contributed by atoms with Crippen LogP contribution in [0.15, 0.2) is 60.7 Å². The fraction of sp³-hybridized carbons (Fsp3) is 0.190. The molecular formula is C21H20ClNO3. The third-order valence-electron chi connectivity index (χ3n) is 4.11. The van der Waals surface area contributed by atoms with E-state index in [0.717, 1.165) is 22.1 Å². The summed E-state index contributed by atoms with van der Waals surface area (Å²) in [5.41, 5.74) is 0.868. The monoisotopic (exact) mass is 369 g/mol. The van der Waals surface area contributed by atoms with Crippen molar-refractivity contribution in [1.29, 1.82) is 0 Å². The summed E-state index contributed by atoms with van der Waals surface area (Å²) < 4.78 is 11.0. The topological polar surface area (TPSA) is 47.6 Å². The van der Waals surface area contributed by atoms with E-state index in [1.807, 2.05) is 54.6 Å². The van der Waals surface area contributed by atoms with Crippen molar-refractivity contribution in [1.82, 2.24) is 5.32 Å². The van der Waals surface area contributed by atoms with E-state index in [1.165, 1.54) is 0 Å². The number of methoxy groups -OCH3 is 1. The molecule has 0 bridgehead atoms. The minimum absolute atomic E-state index is 0.198. The summed E-state index contributed by atoms with van der Waals surface area (Å²) >= 11 is 6.10. The Labute approximate surface area is 157 Å². The number of hydrogen-bond acceptors (Lipinski definition) is 3. The average Bonchev–Trinajstić information content (AvgIpc) is 2.66. The van der Waals surface area contributed by atoms with Crippen LogP contribution in [0.1, 0.15) is 12.5 Å². The first-order valence-electron chi connectivity index (χ1n) is 8.32. The van der Waals surface area contributed by atoms with Crippen LogP contribution in [0.3, 0.4) is 0 Å². The van der Waals surface area contributed by atoms with Gasteiger partial charge in [-0.2, -0.15) is 0 Å². The molecule has 0 saturated carbocycles. The Hall–Kier alpha value is -2.72. The summed E-state index contributed by atoms with van der Waals surface area (Å²) in [6.45, 7) is 2.08. The molecule has 0 fully saturated rings. The lowest BCUT2D eigenvalue weighted by molar-refractivity contribution is -0.127. The molecule has 5 heteroatoms. The zero-order valence-electron chi connectivity index (χ0n) is 14.7. The minimum Gasteiger partial charge on any atom is -0.497 e. The number of benzene rings is 3. The van der Waals surface area contributed by atoms with Crippen LogP contribution >= 0.6 is 11.6 Å². The first kappa shape index (κ1) is 18.1. The van der Waals surface area contributed by atoms with Gasteiger partial charge in [-0.15, -0.1) is 0 Å². The highest BCUT2D eigenvalue weighted by molar-refractivity contribution is 6.31. The highest BCUT2D eigenvalue weighted by Gasteiger charge is 2.15. The first-order chi connectivity index (χ1) is 12.6. The van der Waals surface area contributed by atoms with E-state index in [2.05, 4.69) is 5.32 Å². The SMILES string of the molecule is COc1ccc2ccc(O[C@H](C)C(=O)NCc3ccccc3Cl)cc2c1. The van der Waals surface area contributed by atoms with Gasteiger partial charge in [0.15, 0.2) is 6.10 Å². The Morgan fingerprint density at radius 3 is 2.46 bits per heavy atom. The lowest BCUT2D eigenvalue weighted by Gasteiger charge is -2.15. The number of carbonyl (C=O) groups excluding carboxylic acids is 1. The molecule has 3 rings (SSSR count). The summed E-state index contributed by atoms with van der Waals surface area (Å²) in [6.07, 6.45) is -0.624. The highest BCUT2D eigenvalue weighted by Crippen LogP contribution is 2.25. The molecule has 1 amide bonds. The van der Waals surface area contributed by atoms with Crippen LogP contribution in [-0.2, 0) is 11.3 Å². The molecule has 0 heterocycles. The third-order valence-corrected chi connectivity index (χ3v) is 4.48. The molecular weight excluding hydrogens is 350 g/mol. The zero-order valence-corrected chi connectivity index (χ0v) is 15.4. The Balaban J connectivity index is 1.65. The zero-order chi connectivity index (χ0) is 18.5. The fourth-order valence-electron chi connectivity index (χ4n) is 2.63. The number of fused-ring (bicyclic) bond motifs is 1. The van der Waals surface area contributed by atoms with Crippen molar-refractivity contribution in [2.24, 2.45) is 0 Å².